The summed E-state index contributed by atoms with van der Waals surface area (Å²) in [6.45, 7) is 2.05. The Bertz CT molecular complexity index is 1090. The van der Waals surface area contributed by atoms with Gasteiger partial charge in [-0.05, 0) is 66.2 Å². The molecule has 0 unspecified atom stereocenters. The molecule has 0 saturated carbocycles. The standard InChI is InChI=1S/C22H20BrClN2O5S/c1-3-8-26-21(29)19(32-22(26)25-15-6-4-14(24)5-7-15)10-13-9-17(30-2)18(11-16(13)23)31-12-20(27)28/h4-7,9-11H,3,8,12H2,1-2H3,(H,27,28)/b19-10-,25-22?. The van der Waals surface area contributed by atoms with E-state index in [-0.39, 0.29) is 11.7 Å². The number of aliphatic carboxylic acids is 1. The second kappa shape index (κ2) is 10.9. The first-order valence-electron chi connectivity index (χ1n) is 9.60. The number of carbonyl (C=O) groups excluding carboxylic acids is 1. The molecule has 1 N–H and O–H groups in total. The van der Waals surface area contributed by atoms with Crippen LogP contribution >= 0.6 is 39.3 Å². The van der Waals surface area contributed by atoms with Gasteiger partial charge in [-0.3, -0.25) is 9.69 Å². The minimum Gasteiger partial charge on any atom is -0.493 e. The minimum absolute atomic E-state index is 0.137. The lowest BCUT2D eigenvalue weighted by Crippen LogP contribution is -2.29. The van der Waals surface area contributed by atoms with Gasteiger partial charge in [-0.25, -0.2) is 9.79 Å². The first-order valence-corrected chi connectivity index (χ1v) is 11.6. The van der Waals surface area contributed by atoms with E-state index < -0.39 is 12.6 Å². The van der Waals surface area contributed by atoms with Gasteiger partial charge < -0.3 is 14.6 Å². The third-order valence-corrected chi connectivity index (χ3v) is 6.25. The fraction of sp³-hybridized carbons (Fsp3) is 0.227. The molecule has 1 saturated heterocycles. The van der Waals surface area contributed by atoms with Crippen LogP contribution < -0.4 is 9.47 Å². The first kappa shape index (κ1) is 24.2. The van der Waals surface area contributed by atoms with Gasteiger partial charge in [-0.2, -0.15) is 0 Å². The van der Waals surface area contributed by atoms with Crippen LogP contribution in [0.15, 0.2) is 50.8 Å². The Kier molecular flexibility index (Phi) is 8.22. The van der Waals surface area contributed by atoms with Crippen molar-refractivity contribution in [1.29, 1.82) is 0 Å². The van der Waals surface area contributed by atoms with Crippen LogP contribution in [0, 0.1) is 0 Å². The van der Waals surface area contributed by atoms with Crippen LogP contribution in [-0.4, -0.2) is 47.3 Å². The van der Waals surface area contributed by atoms with Gasteiger partial charge in [0.1, 0.15) is 0 Å². The van der Waals surface area contributed by atoms with E-state index >= 15 is 0 Å². The summed E-state index contributed by atoms with van der Waals surface area (Å²) >= 11 is 10.7. The normalized spacial score (nSPS) is 16.1. The van der Waals surface area contributed by atoms with Crippen molar-refractivity contribution < 1.29 is 24.2 Å². The molecule has 0 spiro atoms. The van der Waals surface area contributed by atoms with Crippen LogP contribution in [-0.2, 0) is 9.59 Å². The summed E-state index contributed by atoms with van der Waals surface area (Å²) in [4.78, 5) is 30.7. The van der Waals surface area contributed by atoms with Crippen LogP contribution in [0.2, 0.25) is 5.02 Å². The predicted molar refractivity (Wildman–Crippen MR) is 130 cm³/mol. The third kappa shape index (κ3) is 5.85. The maximum atomic E-state index is 13.1. The van der Waals surface area contributed by atoms with E-state index in [4.69, 9.17) is 26.2 Å². The summed E-state index contributed by atoms with van der Waals surface area (Å²) in [5, 5.41) is 10.1. The van der Waals surface area contributed by atoms with Crippen LogP contribution in [0.25, 0.3) is 6.08 Å². The lowest BCUT2D eigenvalue weighted by Gasteiger charge is -2.14. The van der Waals surface area contributed by atoms with Gasteiger partial charge in [-0.15, -0.1) is 0 Å². The molecule has 0 bridgehead atoms. The second-order valence-corrected chi connectivity index (χ2v) is 8.95. The molecule has 1 amide bonds. The van der Waals surface area contributed by atoms with E-state index in [1.165, 1.54) is 18.9 Å². The number of carboxylic acid groups (broad SMARTS) is 1. The van der Waals surface area contributed by atoms with E-state index in [1.54, 1.807) is 47.4 Å². The zero-order chi connectivity index (χ0) is 23.3. The zero-order valence-electron chi connectivity index (χ0n) is 17.3. The van der Waals surface area contributed by atoms with Gasteiger partial charge in [-0.1, -0.05) is 34.5 Å². The molecule has 2 aromatic rings. The summed E-state index contributed by atoms with van der Waals surface area (Å²) in [5.74, 6) is -0.586. The molecule has 0 atom stereocenters. The van der Waals surface area contributed by atoms with Crippen molar-refractivity contribution in [3.8, 4) is 11.5 Å². The highest BCUT2D eigenvalue weighted by molar-refractivity contribution is 9.10. The molecular formula is C22H20BrClN2O5S. The van der Waals surface area contributed by atoms with Gasteiger partial charge in [0.05, 0.1) is 17.7 Å². The minimum atomic E-state index is -1.09. The summed E-state index contributed by atoms with van der Waals surface area (Å²) < 4.78 is 11.2. The topological polar surface area (TPSA) is 88.4 Å². The fourth-order valence-corrected chi connectivity index (χ4v) is 4.43. The molecule has 10 heteroatoms. The van der Waals surface area contributed by atoms with Gasteiger partial charge in [0.25, 0.3) is 5.91 Å². The molecule has 1 heterocycles. The zero-order valence-corrected chi connectivity index (χ0v) is 20.5. The van der Waals surface area contributed by atoms with Gasteiger partial charge in [0.15, 0.2) is 23.3 Å². The number of rotatable bonds is 8. The van der Waals surface area contributed by atoms with E-state index in [9.17, 15) is 9.59 Å². The van der Waals surface area contributed by atoms with E-state index in [2.05, 4.69) is 20.9 Å². The number of hydrogen-bond donors (Lipinski definition) is 1. The van der Waals surface area contributed by atoms with E-state index in [0.29, 0.717) is 43.1 Å². The molecule has 3 rings (SSSR count). The van der Waals surface area contributed by atoms with Gasteiger partial charge >= 0.3 is 5.97 Å². The van der Waals surface area contributed by atoms with Gasteiger partial charge in [0.2, 0.25) is 0 Å². The Hall–Kier alpha value is -2.49. The van der Waals surface area contributed by atoms with Crippen molar-refractivity contribution in [2.24, 2.45) is 4.99 Å². The summed E-state index contributed by atoms with van der Waals surface area (Å²) in [6, 6.07) is 10.4. The van der Waals surface area contributed by atoms with Crippen molar-refractivity contribution in [3.63, 3.8) is 0 Å². The molecule has 168 valence electrons. The highest BCUT2D eigenvalue weighted by atomic mass is 79.9. The molecule has 1 aliphatic rings. The highest BCUT2D eigenvalue weighted by Gasteiger charge is 2.33. The Morgan fingerprint density at radius 1 is 1.28 bits per heavy atom. The second-order valence-electron chi connectivity index (χ2n) is 6.65. The molecule has 1 aliphatic heterocycles. The van der Waals surface area contributed by atoms with Crippen LogP contribution in [0.3, 0.4) is 0 Å². The number of carbonyl (C=O) groups is 2. The largest absolute Gasteiger partial charge is 0.493 e. The summed E-state index contributed by atoms with van der Waals surface area (Å²) in [6.07, 6.45) is 2.53. The Balaban J connectivity index is 1.94. The number of amidine groups is 1. The number of methoxy groups -OCH3 is 1. The number of aliphatic imine (C=N–C) groups is 1. The monoisotopic (exact) mass is 538 g/mol. The number of halogens is 2. The summed E-state index contributed by atoms with van der Waals surface area (Å²) in [5.41, 5.74) is 1.39. The molecule has 7 nitrogen and oxygen atoms in total. The highest BCUT2D eigenvalue weighted by Crippen LogP contribution is 2.38. The maximum absolute atomic E-state index is 13.1. The number of nitrogens with zero attached hydrogens (tertiary/aromatic N) is 2. The number of thioether (sulfide) groups is 1. The number of benzene rings is 2. The van der Waals surface area contributed by atoms with Crippen molar-refractivity contribution in [2.45, 2.75) is 13.3 Å². The van der Waals surface area contributed by atoms with Crippen molar-refractivity contribution in [1.82, 2.24) is 4.90 Å². The number of ether oxygens (including phenoxy) is 2. The third-order valence-electron chi connectivity index (χ3n) is 4.31. The van der Waals surface area contributed by atoms with Crippen molar-refractivity contribution in [2.75, 3.05) is 20.3 Å². The Morgan fingerprint density at radius 2 is 2.00 bits per heavy atom. The summed E-state index contributed by atoms with van der Waals surface area (Å²) in [7, 11) is 1.46. The number of hydrogen-bond acceptors (Lipinski definition) is 6. The Labute approximate surface area is 203 Å². The fourth-order valence-electron chi connectivity index (χ4n) is 2.85. The molecule has 0 radical (unpaired) electrons. The SMILES string of the molecule is CCCN1C(=O)/C(=C/c2cc(OC)c(OCC(=O)O)cc2Br)SC1=Nc1ccc(Cl)cc1. The molecule has 2 aromatic carbocycles. The lowest BCUT2D eigenvalue weighted by molar-refractivity contribution is -0.139. The van der Waals surface area contributed by atoms with Crippen molar-refractivity contribution >= 4 is 68.1 Å². The average Bonchev–Trinajstić information content (AvgIpc) is 3.04. The lowest BCUT2D eigenvalue weighted by atomic mass is 10.2. The number of amides is 1. The first-order chi connectivity index (χ1) is 15.3. The molecule has 0 aliphatic carbocycles. The quantitative estimate of drug-likeness (QED) is 0.440. The Morgan fingerprint density at radius 3 is 2.62 bits per heavy atom. The molecule has 32 heavy (non-hydrogen) atoms. The smallest absolute Gasteiger partial charge is 0.341 e. The number of carboxylic acids is 1. The van der Waals surface area contributed by atoms with E-state index in [1.807, 2.05) is 6.92 Å². The molecule has 0 aromatic heterocycles. The van der Waals surface area contributed by atoms with Crippen LogP contribution in [0.5, 0.6) is 11.5 Å². The molecular weight excluding hydrogens is 520 g/mol. The van der Waals surface area contributed by atoms with Crippen molar-refractivity contribution in [3.05, 3.63) is 56.4 Å². The predicted octanol–water partition coefficient (Wildman–Crippen LogP) is 5.59. The maximum Gasteiger partial charge on any atom is 0.341 e. The molecule has 1 fully saturated rings. The van der Waals surface area contributed by atoms with E-state index in [0.717, 1.165) is 6.42 Å². The van der Waals surface area contributed by atoms with Gasteiger partial charge in [0, 0.05) is 16.0 Å². The average molecular weight is 540 g/mol. The van der Waals surface area contributed by atoms with Crippen LogP contribution in [0.4, 0.5) is 5.69 Å². The van der Waals surface area contributed by atoms with Crippen LogP contribution in [0.1, 0.15) is 18.9 Å².